The number of nitrogens with two attached hydrogens (primary N) is 1. The van der Waals surface area contributed by atoms with Crippen molar-refractivity contribution < 1.29 is 17.2 Å². The minimum Gasteiger partial charge on any atom is -0.327 e. The number of piperidine rings is 1. The topological polar surface area (TPSA) is 63.4 Å². The van der Waals surface area contributed by atoms with E-state index in [0.717, 1.165) is 4.31 Å². The lowest BCUT2D eigenvalue weighted by atomic mass is 10.1. The Morgan fingerprint density at radius 1 is 1.53 bits per heavy atom. The lowest BCUT2D eigenvalue weighted by Crippen LogP contribution is -2.49. The molecule has 8 heteroatoms. The first-order valence-electron chi connectivity index (χ1n) is 4.63. The highest BCUT2D eigenvalue weighted by molar-refractivity contribution is 7.95. The van der Waals surface area contributed by atoms with Gasteiger partial charge in [-0.3, -0.25) is 0 Å². The van der Waals surface area contributed by atoms with Gasteiger partial charge in [0.1, 0.15) is 0 Å². The van der Waals surface area contributed by atoms with Crippen LogP contribution in [-0.2, 0) is 10.0 Å². The average molecular weight is 260 g/mol. The molecule has 0 radical (unpaired) electrons. The number of alkyl halides is 2. The fraction of sp³-hybridized carbons (Fsp3) is 1.00. The number of halogens is 2. The van der Waals surface area contributed by atoms with Gasteiger partial charge < -0.3 is 5.73 Å². The number of sulfonamides is 1. The van der Waals surface area contributed by atoms with Gasteiger partial charge in [0.25, 0.3) is 10.0 Å². The fourth-order valence-corrected chi connectivity index (χ4v) is 3.98. The van der Waals surface area contributed by atoms with Gasteiger partial charge in [0.05, 0.1) is 0 Å². The SMILES string of the molecule is CPC(F)(F)S(=O)(=O)N1CCC[C@@H](N)C1. The lowest BCUT2D eigenvalue weighted by molar-refractivity contribution is 0.173. The molecular formula is C7H15F2N2O2PS. The van der Waals surface area contributed by atoms with Crippen molar-refractivity contribution >= 4 is 18.6 Å². The molecule has 2 N–H and O–H groups in total. The van der Waals surface area contributed by atoms with E-state index < -0.39 is 23.6 Å². The fourth-order valence-electron chi connectivity index (χ4n) is 1.48. The summed E-state index contributed by atoms with van der Waals surface area (Å²) < 4.78 is 50.2. The van der Waals surface area contributed by atoms with Gasteiger partial charge in [-0.25, -0.2) is 8.42 Å². The predicted octanol–water partition coefficient (Wildman–Crippen LogP) is 0.598. The third-order valence-electron chi connectivity index (χ3n) is 2.38. The van der Waals surface area contributed by atoms with Crippen molar-refractivity contribution in [3.8, 4) is 0 Å². The van der Waals surface area contributed by atoms with Crippen molar-refractivity contribution in [3.05, 3.63) is 0 Å². The second kappa shape index (κ2) is 4.57. The summed E-state index contributed by atoms with van der Waals surface area (Å²) in [7, 11) is -5.46. The lowest BCUT2D eigenvalue weighted by Gasteiger charge is -2.32. The Kier molecular flexibility index (Phi) is 4.03. The summed E-state index contributed by atoms with van der Waals surface area (Å²) in [6.45, 7) is 1.33. The molecule has 0 aliphatic carbocycles. The van der Waals surface area contributed by atoms with E-state index in [1.165, 1.54) is 6.66 Å². The second-order valence-electron chi connectivity index (χ2n) is 3.53. The molecule has 2 atom stereocenters. The van der Waals surface area contributed by atoms with E-state index in [-0.39, 0.29) is 19.1 Å². The summed E-state index contributed by atoms with van der Waals surface area (Å²) in [4.78, 5) is -3.65. The van der Waals surface area contributed by atoms with Crippen molar-refractivity contribution in [1.29, 1.82) is 0 Å². The van der Waals surface area contributed by atoms with Crippen LogP contribution in [0.1, 0.15) is 12.8 Å². The molecule has 1 heterocycles. The Morgan fingerprint density at radius 2 is 2.13 bits per heavy atom. The van der Waals surface area contributed by atoms with Gasteiger partial charge in [-0.15, -0.1) is 0 Å². The molecular weight excluding hydrogens is 245 g/mol. The molecule has 15 heavy (non-hydrogen) atoms. The van der Waals surface area contributed by atoms with Crippen LogP contribution >= 0.6 is 8.58 Å². The van der Waals surface area contributed by atoms with Crippen molar-refractivity contribution in [1.82, 2.24) is 4.31 Å². The molecule has 90 valence electrons. The predicted molar refractivity (Wildman–Crippen MR) is 56.9 cm³/mol. The zero-order valence-corrected chi connectivity index (χ0v) is 10.2. The minimum absolute atomic E-state index is 0.00238. The van der Waals surface area contributed by atoms with Gasteiger partial charge in [-0.05, 0) is 28.1 Å². The van der Waals surface area contributed by atoms with Gasteiger partial charge in [0, 0.05) is 19.1 Å². The summed E-state index contributed by atoms with van der Waals surface area (Å²) in [5.74, 6) is 0. The van der Waals surface area contributed by atoms with E-state index >= 15 is 0 Å². The molecule has 0 aromatic carbocycles. The zero-order chi connectivity index (χ0) is 11.7. The highest BCUT2D eigenvalue weighted by atomic mass is 32.2. The Hall–Kier alpha value is 0.160. The van der Waals surface area contributed by atoms with Crippen molar-refractivity contribution in [2.75, 3.05) is 19.8 Å². The maximum absolute atomic E-state index is 13.2. The Labute approximate surface area is 90.0 Å². The average Bonchev–Trinajstić information content (AvgIpc) is 2.17. The molecule has 1 aliphatic heterocycles. The molecule has 1 unspecified atom stereocenters. The summed E-state index contributed by atoms with van der Waals surface area (Å²) in [5.41, 5.74) is 5.56. The third kappa shape index (κ3) is 2.64. The quantitative estimate of drug-likeness (QED) is 0.756. The Balaban J connectivity index is 2.86. The third-order valence-corrected chi connectivity index (χ3v) is 6.00. The van der Waals surface area contributed by atoms with Crippen LogP contribution < -0.4 is 5.73 Å². The van der Waals surface area contributed by atoms with E-state index in [2.05, 4.69) is 0 Å². The number of rotatable bonds is 3. The Morgan fingerprint density at radius 3 is 2.60 bits per heavy atom. The standard InChI is InChI=1S/C7H15F2N2O2PS/c1-14-7(8,9)15(12,13)11-4-2-3-6(10)5-11/h6,14H,2-5,10H2,1H3/t6-/m1/s1. The molecule has 1 saturated heterocycles. The molecule has 1 rings (SSSR count). The molecule has 4 nitrogen and oxygen atoms in total. The van der Waals surface area contributed by atoms with Gasteiger partial charge >= 0.3 is 5.00 Å². The zero-order valence-electron chi connectivity index (χ0n) is 8.41. The van der Waals surface area contributed by atoms with Crippen LogP contribution in [0.2, 0.25) is 0 Å². The van der Waals surface area contributed by atoms with Crippen molar-refractivity contribution in [3.63, 3.8) is 0 Å². The monoisotopic (exact) mass is 260 g/mol. The van der Waals surface area contributed by atoms with Crippen LogP contribution in [0.4, 0.5) is 8.78 Å². The van der Waals surface area contributed by atoms with Gasteiger partial charge in [0.2, 0.25) is 0 Å². The molecule has 0 spiro atoms. The van der Waals surface area contributed by atoms with Gasteiger partial charge in [-0.2, -0.15) is 13.1 Å². The second-order valence-corrected chi connectivity index (χ2v) is 7.00. The van der Waals surface area contributed by atoms with Crippen molar-refractivity contribution in [2.45, 2.75) is 23.9 Å². The van der Waals surface area contributed by atoms with Gasteiger partial charge in [-0.1, -0.05) is 0 Å². The van der Waals surface area contributed by atoms with E-state index in [9.17, 15) is 17.2 Å². The highest BCUT2D eigenvalue weighted by Crippen LogP contribution is 2.40. The first kappa shape index (κ1) is 13.2. The van der Waals surface area contributed by atoms with Crippen molar-refractivity contribution in [2.24, 2.45) is 5.73 Å². The van der Waals surface area contributed by atoms with Crippen LogP contribution in [0.3, 0.4) is 0 Å². The minimum atomic E-state index is -4.51. The first-order chi connectivity index (χ1) is 6.81. The molecule has 1 aliphatic rings. The van der Waals surface area contributed by atoms with E-state index in [4.69, 9.17) is 5.73 Å². The molecule has 0 amide bonds. The largest absolute Gasteiger partial charge is 0.371 e. The molecule has 0 bridgehead atoms. The molecule has 0 aromatic heterocycles. The van der Waals surface area contributed by atoms with Gasteiger partial charge in [0.15, 0.2) is 0 Å². The van der Waals surface area contributed by atoms with E-state index in [1.807, 2.05) is 0 Å². The normalized spacial score (nSPS) is 26.3. The summed E-state index contributed by atoms with van der Waals surface area (Å²) in [5, 5.41) is 0. The van der Waals surface area contributed by atoms with E-state index in [0.29, 0.717) is 12.8 Å². The highest BCUT2D eigenvalue weighted by Gasteiger charge is 2.47. The van der Waals surface area contributed by atoms with Crippen LogP contribution in [0.5, 0.6) is 0 Å². The maximum atomic E-state index is 13.2. The van der Waals surface area contributed by atoms with Crippen LogP contribution in [0, 0.1) is 0 Å². The van der Waals surface area contributed by atoms with E-state index in [1.54, 1.807) is 0 Å². The first-order valence-corrected chi connectivity index (χ1v) is 7.57. The summed E-state index contributed by atoms with van der Waals surface area (Å²) in [6.07, 6.45) is 1.23. The molecule has 0 saturated carbocycles. The number of hydrogen-bond donors (Lipinski definition) is 1. The summed E-state index contributed by atoms with van der Waals surface area (Å²) in [6, 6.07) is -0.329. The molecule has 1 fully saturated rings. The summed E-state index contributed by atoms with van der Waals surface area (Å²) >= 11 is 0. The van der Waals surface area contributed by atoms with Crippen LogP contribution in [-0.4, -0.2) is 43.5 Å². The number of hydrogen-bond acceptors (Lipinski definition) is 3. The smallest absolute Gasteiger partial charge is 0.327 e. The number of nitrogens with zero attached hydrogens (tertiary/aromatic N) is 1. The molecule has 0 aromatic rings. The Bertz CT molecular complexity index is 323. The van der Waals surface area contributed by atoms with Crippen LogP contribution in [0.15, 0.2) is 0 Å². The maximum Gasteiger partial charge on any atom is 0.371 e. The van der Waals surface area contributed by atoms with Crippen LogP contribution in [0.25, 0.3) is 0 Å².